The van der Waals surface area contributed by atoms with E-state index in [0.717, 1.165) is 15.9 Å². The van der Waals surface area contributed by atoms with Crippen molar-refractivity contribution in [2.75, 3.05) is 11.1 Å². The van der Waals surface area contributed by atoms with Crippen molar-refractivity contribution in [1.29, 1.82) is 0 Å². The molecule has 2 aromatic rings. The van der Waals surface area contributed by atoms with E-state index in [4.69, 9.17) is 5.73 Å². The monoisotopic (exact) mass is 322 g/mol. The summed E-state index contributed by atoms with van der Waals surface area (Å²) < 4.78 is 2.59. The molecule has 1 heterocycles. The lowest BCUT2D eigenvalue weighted by molar-refractivity contribution is -0.116. The zero-order valence-electron chi connectivity index (χ0n) is 10.8. The van der Waals surface area contributed by atoms with Crippen LogP contribution in [0.3, 0.4) is 0 Å². The van der Waals surface area contributed by atoms with Crippen LogP contribution in [0, 0.1) is 13.8 Å². The second kappa shape index (κ2) is 5.44. The van der Waals surface area contributed by atoms with E-state index in [1.165, 1.54) is 0 Å². The van der Waals surface area contributed by atoms with E-state index in [1.807, 2.05) is 26.0 Å². The summed E-state index contributed by atoms with van der Waals surface area (Å²) in [5.41, 5.74) is 8.73. The highest BCUT2D eigenvalue weighted by atomic mass is 79.9. The van der Waals surface area contributed by atoms with Gasteiger partial charge in [-0.3, -0.25) is 9.48 Å². The van der Waals surface area contributed by atoms with Crippen molar-refractivity contribution < 1.29 is 4.79 Å². The van der Waals surface area contributed by atoms with Gasteiger partial charge in [0.05, 0.1) is 27.2 Å². The minimum atomic E-state index is -0.156. The number of amides is 1. The number of para-hydroxylation sites is 2. The number of carbonyl (C=O) groups is 1. The summed E-state index contributed by atoms with van der Waals surface area (Å²) in [7, 11) is 0. The lowest BCUT2D eigenvalue weighted by Crippen LogP contribution is -2.20. The van der Waals surface area contributed by atoms with E-state index in [-0.39, 0.29) is 12.5 Å². The number of aromatic nitrogens is 2. The summed E-state index contributed by atoms with van der Waals surface area (Å²) >= 11 is 3.43. The maximum Gasteiger partial charge on any atom is 0.246 e. The van der Waals surface area contributed by atoms with Crippen LogP contribution in [0.25, 0.3) is 0 Å². The second-order valence-corrected chi connectivity index (χ2v) is 5.07. The van der Waals surface area contributed by atoms with Gasteiger partial charge in [-0.05, 0) is 41.9 Å². The Morgan fingerprint density at radius 3 is 2.68 bits per heavy atom. The molecule has 0 bridgehead atoms. The van der Waals surface area contributed by atoms with Crippen LogP contribution in [0.4, 0.5) is 11.4 Å². The highest BCUT2D eigenvalue weighted by Gasteiger charge is 2.12. The van der Waals surface area contributed by atoms with Crippen LogP contribution in [0.2, 0.25) is 0 Å². The number of nitrogens with one attached hydrogen (secondary N) is 1. The van der Waals surface area contributed by atoms with Crippen LogP contribution < -0.4 is 11.1 Å². The Morgan fingerprint density at radius 2 is 2.11 bits per heavy atom. The van der Waals surface area contributed by atoms with E-state index < -0.39 is 0 Å². The van der Waals surface area contributed by atoms with E-state index in [1.54, 1.807) is 16.8 Å². The van der Waals surface area contributed by atoms with Crippen LogP contribution in [0.1, 0.15) is 11.4 Å². The van der Waals surface area contributed by atoms with Gasteiger partial charge in [0.1, 0.15) is 6.54 Å². The van der Waals surface area contributed by atoms with Crippen LogP contribution in [-0.2, 0) is 11.3 Å². The van der Waals surface area contributed by atoms with Crippen molar-refractivity contribution in [3.05, 3.63) is 40.1 Å². The standard InChI is InChI=1S/C13H15BrN4O/c1-8-13(14)9(2)18(17-8)7-12(19)16-11-6-4-3-5-10(11)15/h3-6H,7,15H2,1-2H3,(H,16,19). The Balaban J connectivity index is 2.10. The van der Waals surface area contributed by atoms with Gasteiger partial charge in [-0.25, -0.2) is 0 Å². The fourth-order valence-electron chi connectivity index (χ4n) is 1.77. The average Bonchev–Trinajstić information content (AvgIpc) is 2.60. The quantitative estimate of drug-likeness (QED) is 0.853. The van der Waals surface area contributed by atoms with Gasteiger partial charge in [-0.1, -0.05) is 12.1 Å². The summed E-state index contributed by atoms with van der Waals surface area (Å²) in [6.07, 6.45) is 0. The molecule has 0 saturated heterocycles. The topological polar surface area (TPSA) is 72.9 Å². The molecule has 3 N–H and O–H groups in total. The predicted molar refractivity (Wildman–Crippen MR) is 78.9 cm³/mol. The average molecular weight is 323 g/mol. The number of benzene rings is 1. The summed E-state index contributed by atoms with van der Waals surface area (Å²) in [5.74, 6) is -0.156. The molecule has 1 aromatic heterocycles. The van der Waals surface area contributed by atoms with E-state index >= 15 is 0 Å². The number of nitrogen functional groups attached to an aromatic ring is 1. The fourth-order valence-corrected chi connectivity index (χ4v) is 2.05. The van der Waals surface area contributed by atoms with Crippen LogP contribution >= 0.6 is 15.9 Å². The van der Waals surface area contributed by atoms with E-state index in [2.05, 4.69) is 26.3 Å². The van der Waals surface area contributed by atoms with Gasteiger partial charge in [-0.2, -0.15) is 5.10 Å². The smallest absolute Gasteiger partial charge is 0.246 e. The molecule has 0 aliphatic rings. The number of hydrogen-bond acceptors (Lipinski definition) is 3. The summed E-state index contributed by atoms with van der Waals surface area (Å²) in [6, 6.07) is 7.16. The first-order chi connectivity index (χ1) is 8.99. The Hall–Kier alpha value is -1.82. The minimum absolute atomic E-state index is 0.156. The molecule has 0 aliphatic carbocycles. The molecule has 100 valence electrons. The number of nitrogens with zero attached hydrogens (tertiary/aromatic N) is 2. The Morgan fingerprint density at radius 1 is 1.42 bits per heavy atom. The second-order valence-electron chi connectivity index (χ2n) is 4.28. The highest BCUT2D eigenvalue weighted by Crippen LogP contribution is 2.20. The molecule has 1 aromatic carbocycles. The van der Waals surface area contributed by atoms with Gasteiger partial charge >= 0.3 is 0 Å². The number of carbonyl (C=O) groups excluding carboxylic acids is 1. The molecule has 0 aliphatic heterocycles. The molecule has 0 unspecified atom stereocenters. The molecular formula is C13H15BrN4O. The summed E-state index contributed by atoms with van der Waals surface area (Å²) in [5, 5.41) is 7.07. The lowest BCUT2D eigenvalue weighted by atomic mass is 10.2. The zero-order chi connectivity index (χ0) is 14.0. The molecule has 6 heteroatoms. The Kier molecular flexibility index (Phi) is 3.90. The molecule has 0 saturated carbocycles. The van der Waals surface area contributed by atoms with Gasteiger partial charge < -0.3 is 11.1 Å². The van der Waals surface area contributed by atoms with Crippen LogP contribution in [-0.4, -0.2) is 15.7 Å². The highest BCUT2D eigenvalue weighted by molar-refractivity contribution is 9.10. The Bertz CT molecular complexity index is 621. The minimum Gasteiger partial charge on any atom is -0.397 e. The van der Waals surface area contributed by atoms with Crippen LogP contribution in [0.15, 0.2) is 28.7 Å². The molecule has 0 atom stereocenters. The predicted octanol–water partition coefficient (Wildman–Crippen LogP) is 2.48. The molecule has 0 radical (unpaired) electrons. The summed E-state index contributed by atoms with van der Waals surface area (Å²) in [4.78, 5) is 12.0. The first-order valence-electron chi connectivity index (χ1n) is 5.83. The largest absolute Gasteiger partial charge is 0.397 e. The molecule has 19 heavy (non-hydrogen) atoms. The van der Waals surface area contributed by atoms with Gasteiger partial charge in [0.15, 0.2) is 0 Å². The van der Waals surface area contributed by atoms with E-state index in [9.17, 15) is 4.79 Å². The SMILES string of the molecule is Cc1nn(CC(=O)Nc2ccccc2N)c(C)c1Br. The summed E-state index contributed by atoms with van der Waals surface area (Å²) in [6.45, 7) is 3.96. The molecular weight excluding hydrogens is 308 g/mol. The van der Waals surface area contributed by atoms with Gasteiger partial charge in [0.25, 0.3) is 0 Å². The number of hydrogen-bond donors (Lipinski definition) is 2. The lowest BCUT2D eigenvalue weighted by Gasteiger charge is -2.08. The van der Waals surface area contributed by atoms with Crippen molar-refractivity contribution in [2.45, 2.75) is 20.4 Å². The van der Waals surface area contributed by atoms with Crippen molar-refractivity contribution in [1.82, 2.24) is 9.78 Å². The third-order valence-electron chi connectivity index (χ3n) is 2.82. The maximum atomic E-state index is 12.0. The zero-order valence-corrected chi connectivity index (χ0v) is 12.4. The first kappa shape index (κ1) is 13.6. The third kappa shape index (κ3) is 2.96. The number of aryl methyl sites for hydroxylation is 1. The normalized spacial score (nSPS) is 10.5. The fraction of sp³-hybridized carbons (Fsp3) is 0.231. The molecule has 2 rings (SSSR count). The number of anilines is 2. The molecule has 5 nitrogen and oxygen atoms in total. The Labute approximate surface area is 119 Å². The third-order valence-corrected chi connectivity index (χ3v) is 3.97. The maximum absolute atomic E-state index is 12.0. The molecule has 0 spiro atoms. The van der Waals surface area contributed by atoms with Crippen molar-refractivity contribution >= 4 is 33.2 Å². The van der Waals surface area contributed by atoms with Crippen molar-refractivity contribution in [3.8, 4) is 0 Å². The number of rotatable bonds is 3. The van der Waals surface area contributed by atoms with Crippen molar-refractivity contribution in [2.24, 2.45) is 0 Å². The number of nitrogens with two attached hydrogens (primary N) is 1. The molecule has 1 amide bonds. The van der Waals surface area contributed by atoms with E-state index in [0.29, 0.717) is 11.4 Å². The molecule has 0 fully saturated rings. The number of halogens is 1. The van der Waals surface area contributed by atoms with Crippen LogP contribution in [0.5, 0.6) is 0 Å². The van der Waals surface area contributed by atoms with Crippen molar-refractivity contribution in [3.63, 3.8) is 0 Å². The van der Waals surface area contributed by atoms with Gasteiger partial charge in [-0.15, -0.1) is 0 Å². The first-order valence-corrected chi connectivity index (χ1v) is 6.62. The van der Waals surface area contributed by atoms with Gasteiger partial charge in [0.2, 0.25) is 5.91 Å². The van der Waals surface area contributed by atoms with Gasteiger partial charge in [0, 0.05) is 0 Å².